The van der Waals surface area contributed by atoms with E-state index >= 15 is 0 Å². The molecule has 3 aromatic rings. The molecule has 1 N–H and O–H groups in total. The van der Waals surface area contributed by atoms with Crippen LogP contribution >= 0.6 is 34.7 Å². The van der Waals surface area contributed by atoms with Crippen molar-refractivity contribution in [2.75, 3.05) is 26.4 Å². The van der Waals surface area contributed by atoms with Gasteiger partial charge in [0.25, 0.3) is 5.56 Å². The summed E-state index contributed by atoms with van der Waals surface area (Å²) in [5.74, 6) is 0.755. The molecular formula is C19H21ClN4O2S2. The Hall–Kier alpha value is -1.87. The summed E-state index contributed by atoms with van der Waals surface area (Å²) in [6.07, 6.45) is 1.71. The van der Waals surface area contributed by atoms with Crippen molar-refractivity contribution in [1.82, 2.24) is 19.6 Å². The lowest BCUT2D eigenvalue weighted by atomic mass is 10.1. The van der Waals surface area contributed by atoms with Gasteiger partial charge in [0.15, 0.2) is 4.96 Å². The highest BCUT2D eigenvalue weighted by Crippen LogP contribution is 2.25. The number of fused-ring (bicyclic) bond motifs is 1. The summed E-state index contributed by atoms with van der Waals surface area (Å²) in [5.41, 5.74) is 1.57. The van der Waals surface area contributed by atoms with Crippen LogP contribution in [0, 0.1) is 0 Å². The van der Waals surface area contributed by atoms with Crippen LogP contribution in [0.4, 0.5) is 0 Å². The first kappa shape index (κ1) is 20.9. The third-order valence-electron chi connectivity index (χ3n) is 4.22. The average molecular weight is 437 g/mol. The zero-order chi connectivity index (χ0) is 20.1. The van der Waals surface area contributed by atoms with Crippen molar-refractivity contribution in [1.29, 1.82) is 0 Å². The Kier molecular flexibility index (Phi) is 7.12. The van der Waals surface area contributed by atoms with Crippen molar-refractivity contribution in [3.63, 3.8) is 0 Å². The van der Waals surface area contributed by atoms with Crippen LogP contribution in [0.3, 0.4) is 0 Å². The number of hydrogen-bond donors (Lipinski definition) is 1. The van der Waals surface area contributed by atoms with Crippen LogP contribution in [0.1, 0.15) is 17.3 Å². The quantitative estimate of drug-likeness (QED) is 0.587. The predicted molar refractivity (Wildman–Crippen MR) is 116 cm³/mol. The van der Waals surface area contributed by atoms with Crippen LogP contribution in [0.15, 0.2) is 46.7 Å². The molecule has 28 heavy (non-hydrogen) atoms. The first-order valence-electron chi connectivity index (χ1n) is 8.67. The van der Waals surface area contributed by atoms with Gasteiger partial charge < -0.3 is 10.2 Å². The van der Waals surface area contributed by atoms with Gasteiger partial charge in [0.2, 0.25) is 5.91 Å². The third kappa shape index (κ3) is 5.14. The maximum Gasteiger partial charge on any atom is 0.258 e. The van der Waals surface area contributed by atoms with E-state index in [2.05, 4.69) is 10.3 Å². The Morgan fingerprint density at radius 2 is 2.18 bits per heavy atom. The summed E-state index contributed by atoms with van der Waals surface area (Å²) in [5, 5.41) is 5.48. The minimum atomic E-state index is -0.0973. The minimum absolute atomic E-state index is 0.00870. The highest BCUT2D eigenvalue weighted by molar-refractivity contribution is 7.99. The number of halogens is 1. The van der Waals surface area contributed by atoms with Crippen LogP contribution in [0.2, 0.25) is 5.02 Å². The molecule has 0 unspecified atom stereocenters. The Morgan fingerprint density at radius 1 is 1.39 bits per heavy atom. The molecule has 0 aliphatic heterocycles. The van der Waals surface area contributed by atoms with E-state index in [1.807, 2.05) is 48.6 Å². The highest BCUT2D eigenvalue weighted by Gasteiger charge is 2.17. The van der Waals surface area contributed by atoms with Gasteiger partial charge in [-0.25, -0.2) is 4.98 Å². The Morgan fingerprint density at radius 3 is 2.93 bits per heavy atom. The summed E-state index contributed by atoms with van der Waals surface area (Å²) in [6.45, 7) is 0.469. The molecule has 2 aromatic heterocycles. The number of likely N-dealkylation sites (N-methyl/N-ethyl adjacent to an activating group) is 1. The van der Waals surface area contributed by atoms with E-state index in [4.69, 9.17) is 11.6 Å². The maximum atomic E-state index is 12.2. The average Bonchev–Trinajstić information content (AvgIpc) is 3.12. The lowest BCUT2D eigenvalue weighted by Gasteiger charge is -2.26. The highest BCUT2D eigenvalue weighted by atomic mass is 35.5. The SMILES string of the molecule is CN(C)[C@@H](CNC(=O)CSCc1cc(=O)n2ccsc2n1)c1ccccc1Cl. The summed E-state index contributed by atoms with van der Waals surface area (Å²) in [6, 6.07) is 9.16. The fraction of sp³-hybridized carbons (Fsp3) is 0.316. The van der Waals surface area contributed by atoms with Crippen LogP contribution in [0.5, 0.6) is 0 Å². The number of hydrogen-bond acceptors (Lipinski definition) is 6. The molecular weight excluding hydrogens is 416 g/mol. The number of benzene rings is 1. The van der Waals surface area contributed by atoms with E-state index in [1.165, 1.54) is 33.6 Å². The number of rotatable bonds is 8. The molecule has 6 nitrogen and oxygen atoms in total. The molecule has 9 heteroatoms. The van der Waals surface area contributed by atoms with Crippen molar-refractivity contribution in [3.8, 4) is 0 Å². The summed E-state index contributed by atoms with van der Waals surface area (Å²) < 4.78 is 1.52. The molecule has 0 bridgehead atoms. The molecule has 0 aliphatic carbocycles. The number of thioether (sulfide) groups is 1. The molecule has 0 saturated carbocycles. The normalized spacial score (nSPS) is 12.4. The standard InChI is InChI=1S/C19H21ClN4O2S2/c1-23(2)16(14-5-3-4-6-15(14)20)10-21-17(25)12-27-11-13-9-18(26)24-7-8-28-19(24)22-13/h3-9,16H,10-12H2,1-2H3,(H,21,25)/t16-/m0/s1. The number of aromatic nitrogens is 2. The second-order valence-corrected chi connectivity index (χ2v) is 8.70. The summed E-state index contributed by atoms with van der Waals surface area (Å²) >= 11 is 9.15. The molecule has 0 saturated heterocycles. The number of thiazole rings is 1. The molecule has 0 fully saturated rings. The molecule has 1 atom stereocenters. The van der Waals surface area contributed by atoms with Crippen molar-refractivity contribution in [3.05, 3.63) is 68.5 Å². The molecule has 0 radical (unpaired) electrons. The zero-order valence-corrected chi connectivity index (χ0v) is 18.0. The smallest absolute Gasteiger partial charge is 0.258 e. The van der Waals surface area contributed by atoms with Gasteiger partial charge in [0.1, 0.15) is 0 Å². The van der Waals surface area contributed by atoms with Crippen molar-refractivity contribution in [2.45, 2.75) is 11.8 Å². The van der Waals surface area contributed by atoms with Gasteiger partial charge in [0.05, 0.1) is 17.5 Å². The van der Waals surface area contributed by atoms with Gasteiger partial charge in [-0.2, -0.15) is 0 Å². The van der Waals surface area contributed by atoms with Crippen LogP contribution in [0.25, 0.3) is 4.96 Å². The zero-order valence-electron chi connectivity index (χ0n) is 15.6. The van der Waals surface area contributed by atoms with Gasteiger partial charge in [-0.3, -0.25) is 14.0 Å². The van der Waals surface area contributed by atoms with Crippen molar-refractivity contribution < 1.29 is 4.79 Å². The Bertz CT molecular complexity index is 1020. The minimum Gasteiger partial charge on any atom is -0.353 e. The number of carbonyl (C=O) groups excluding carboxylic acids is 1. The molecule has 2 heterocycles. The Labute approximate surface area is 176 Å². The fourth-order valence-electron chi connectivity index (χ4n) is 2.79. The van der Waals surface area contributed by atoms with Gasteiger partial charge in [0, 0.05) is 35.0 Å². The Balaban J connectivity index is 1.52. The first-order valence-corrected chi connectivity index (χ1v) is 11.1. The second-order valence-electron chi connectivity index (χ2n) is 6.44. The van der Waals surface area contributed by atoms with Gasteiger partial charge in [-0.15, -0.1) is 23.1 Å². The number of amides is 1. The van der Waals surface area contributed by atoms with Crippen molar-refractivity contribution in [2.24, 2.45) is 0 Å². The lowest BCUT2D eigenvalue weighted by molar-refractivity contribution is -0.118. The van der Waals surface area contributed by atoms with E-state index in [9.17, 15) is 9.59 Å². The van der Waals surface area contributed by atoms with Crippen LogP contribution in [-0.4, -0.2) is 46.6 Å². The van der Waals surface area contributed by atoms with E-state index in [0.717, 1.165) is 5.56 Å². The maximum absolute atomic E-state index is 12.2. The van der Waals surface area contributed by atoms with E-state index in [0.29, 0.717) is 33.7 Å². The predicted octanol–water partition coefficient (Wildman–Crippen LogP) is 3.06. The fourth-order valence-corrected chi connectivity index (χ4v) is 4.53. The van der Waals surface area contributed by atoms with E-state index in [1.54, 1.807) is 6.20 Å². The molecule has 1 amide bonds. The molecule has 0 spiro atoms. The molecule has 3 rings (SSSR count). The number of nitrogens with zero attached hydrogens (tertiary/aromatic N) is 3. The first-order chi connectivity index (χ1) is 13.5. The van der Waals surface area contributed by atoms with Gasteiger partial charge in [-0.1, -0.05) is 29.8 Å². The second kappa shape index (κ2) is 9.56. The lowest BCUT2D eigenvalue weighted by Crippen LogP contribution is -2.35. The summed E-state index contributed by atoms with van der Waals surface area (Å²) in [7, 11) is 3.92. The third-order valence-corrected chi connectivity index (χ3v) is 6.29. The molecule has 0 aliphatic rings. The largest absolute Gasteiger partial charge is 0.353 e. The molecule has 1 aromatic carbocycles. The van der Waals surface area contributed by atoms with Crippen LogP contribution in [-0.2, 0) is 10.5 Å². The van der Waals surface area contributed by atoms with Crippen LogP contribution < -0.4 is 10.9 Å². The topological polar surface area (TPSA) is 66.7 Å². The number of nitrogens with one attached hydrogen (secondary N) is 1. The van der Waals surface area contributed by atoms with Crippen molar-refractivity contribution >= 4 is 45.6 Å². The molecule has 148 valence electrons. The van der Waals surface area contributed by atoms with Gasteiger partial charge in [-0.05, 0) is 25.7 Å². The number of carbonyl (C=O) groups is 1. The van der Waals surface area contributed by atoms with E-state index < -0.39 is 0 Å². The van der Waals surface area contributed by atoms with Gasteiger partial charge >= 0.3 is 0 Å². The monoisotopic (exact) mass is 436 g/mol. The summed E-state index contributed by atoms with van der Waals surface area (Å²) in [4.78, 5) is 31.4. The van der Waals surface area contributed by atoms with E-state index in [-0.39, 0.29) is 17.5 Å².